The molecule has 1 aliphatic rings. The molecule has 1 atom stereocenters. The van der Waals surface area contributed by atoms with Gasteiger partial charge in [-0.15, -0.1) is 0 Å². The van der Waals surface area contributed by atoms with Gasteiger partial charge in [0.25, 0.3) is 0 Å². The maximum absolute atomic E-state index is 13.7. The number of rotatable bonds is 2. The van der Waals surface area contributed by atoms with Crippen molar-refractivity contribution >= 4 is 21.6 Å². The Morgan fingerprint density at radius 2 is 2.05 bits per heavy atom. The molecule has 0 saturated heterocycles. The Labute approximate surface area is 126 Å². The highest BCUT2D eigenvalue weighted by atomic mass is 79.9. The minimum absolute atomic E-state index is 0.0359. The van der Waals surface area contributed by atoms with Gasteiger partial charge in [-0.1, -0.05) is 34.1 Å². The van der Waals surface area contributed by atoms with Crippen LogP contribution < -0.4 is 10.1 Å². The van der Waals surface area contributed by atoms with Gasteiger partial charge in [0, 0.05) is 10.2 Å². The van der Waals surface area contributed by atoms with E-state index in [1.807, 2.05) is 12.1 Å². The molecule has 0 aliphatic carbocycles. The Balaban J connectivity index is 1.73. The van der Waals surface area contributed by atoms with E-state index in [4.69, 9.17) is 4.74 Å². The normalized spacial score (nSPS) is 17.8. The minimum Gasteiger partial charge on any atom is -0.485 e. The molecule has 1 heterocycles. The third-order valence-electron chi connectivity index (χ3n) is 3.46. The molecule has 2 aromatic carbocycles. The van der Waals surface area contributed by atoms with Gasteiger partial charge >= 0.3 is 0 Å². The van der Waals surface area contributed by atoms with Gasteiger partial charge in [-0.2, -0.15) is 0 Å². The highest BCUT2D eigenvalue weighted by Crippen LogP contribution is 2.26. The molecule has 0 spiro atoms. The first kappa shape index (κ1) is 13.4. The number of ether oxygens (including phenoxy) is 1. The van der Waals surface area contributed by atoms with Crippen molar-refractivity contribution in [2.45, 2.75) is 18.9 Å². The number of hydrogen-bond donors (Lipinski definition) is 1. The summed E-state index contributed by atoms with van der Waals surface area (Å²) in [6, 6.07) is 13.0. The first-order valence-electron chi connectivity index (χ1n) is 6.66. The van der Waals surface area contributed by atoms with Crippen molar-refractivity contribution in [1.29, 1.82) is 0 Å². The molecular formula is C16H15BrFNO. The zero-order valence-corrected chi connectivity index (χ0v) is 12.5. The van der Waals surface area contributed by atoms with E-state index >= 15 is 0 Å². The van der Waals surface area contributed by atoms with Crippen LogP contribution in [0.2, 0.25) is 0 Å². The van der Waals surface area contributed by atoms with E-state index in [0.717, 1.165) is 23.0 Å². The second-order valence-corrected chi connectivity index (χ2v) is 5.81. The van der Waals surface area contributed by atoms with E-state index in [9.17, 15) is 4.39 Å². The zero-order chi connectivity index (χ0) is 13.9. The monoisotopic (exact) mass is 335 g/mol. The van der Waals surface area contributed by atoms with Gasteiger partial charge in [0.1, 0.15) is 6.10 Å². The van der Waals surface area contributed by atoms with E-state index in [1.165, 1.54) is 11.6 Å². The summed E-state index contributed by atoms with van der Waals surface area (Å²) < 4.78 is 20.4. The second-order valence-electron chi connectivity index (χ2n) is 4.89. The first-order chi connectivity index (χ1) is 9.72. The SMILES string of the molecule is Fc1ccc(Br)cc1OC1CCc2ccccc2NC1. The highest BCUT2D eigenvalue weighted by Gasteiger charge is 2.18. The Kier molecular flexibility index (Phi) is 3.92. The third kappa shape index (κ3) is 2.96. The first-order valence-corrected chi connectivity index (χ1v) is 7.45. The molecule has 2 aromatic rings. The van der Waals surface area contributed by atoms with Crippen molar-refractivity contribution < 1.29 is 9.13 Å². The fourth-order valence-electron chi connectivity index (χ4n) is 2.40. The van der Waals surface area contributed by atoms with Gasteiger partial charge in [-0.3, -0.25) is 0 Å². The Morgan fingerprint density at radius 1 is 1.20 bits per heavy atom. The number of nitrogens with one attached hydrogen (secondary N) is 1. The van der Waals surface area contributed by atoms with Crippen LogP contribution in [0.4, 0.5) is 10.1 Å². The minimum atomic E-state index is -0.324. The molecule has 0 bridgehead atoms. The lowest BCUT2D eigenvalue weighted by molar-refractivity contribution is 0.197. The largest absolute Gasteiger partial charge is 0.485 e. The van der Waals surface area contributed by atoms with Crippen LogP contribution in [0.25, 0.3) is 0 Å². The van der Waals surface area contributed by atoms with Crippen molar-refractivity contribution in [2.24, 2.45) is 0 Å². The molecule has 0 saturated carbocycles. The summed E-state index contributed by atoms with van der Waals surface area (Å²) >= 11 is 3.34. The van der Waals surface area contributed by atoms with Crippen LogP contribution in [-0.2, 0) is 6.42 Å². The van der Waals surface area contributed by atoms with Crippen LogP contribution in [0.5, 0.6) is 5.75 Å². The molecule has 4 heteroatoms. The predicted molar refractivity (Wildman–Crippen MR) is 81.8 cm³/mol. The molecule has 0 fully saturated rings. The molecule has 0 amide bonds. The number of fused-ring (bicyclic) bond motifs is 1. The molecule has 3 rings (SSSR count). The van der Waals surface area contributed by atoms with Gasteiger partial charge in [0.15, 0.2) is 11.6 Å². The molecule has 20 heavy (non-hydrogen) atoms. The van der Waals surface area contributed by atoms with Crippen LogP contribution in [0.3, 0.4) is 0 Å². The molecule has 0 radical (unpaired) electrons. The molecular weight excluding hydrogens is 321 g/mol. The molecule has 104 valence electrons. The topological polar surface area (TPSA) is 21.3 Å². The summed E-state index contributed by atoms with van der Waals surface area (Å²) in [6.07, 6.45) is 1.77. The maximum Gasteiger partial charge on any atom is 0.165 e. The van der Waals surface area contributed by atoms with Crippen LogP contribution >= 0.6 is 15.9 Å². The van der Waals surface area contributed by atoms with E-state index in [0.29, 0.717) is 12.3 Å². The molecule has 0 aromatic heterocycles. The lowest BCUT2D eigenvalue weighted by Gasteiger charge is -2.18. The fraction of sp³-hybridized carbons (Fsp3) is 0.250. The number of halogens is 2. The van der Waals surface area contributed by atoms with Crippen molar-refractivity contribution in [2.75, 3.05) is 11.9 Å². The third-order valence-corrected chi connectivity index (χ3v) is 3.95. The van der Waals surface area contributed by atoms with E-state index in [1.54, 1.807) is 12.1 Å². The van der Waals surface area contributed by atoms with Crippen LogP contribution in [-0.4, -0.2) is 12.6 Å². The number of hydrogen-bond acceptors (Lipinski definition) is 2. The predicted octanol–water partition coefficient (Wildman–Crippen LogP) is 4.39. The number of anilines is 1. The Morgan fingerprint density at radius 3 is 2.95 bits per heavy atom. The van der Waals surface area contributed by atoms with Crippen LogP contribution in [0, 0.1) is 5.82 Å². The lowest BCUT2D eigenvalue weighted by atomic mass is 10.1. The second kappa shape index (κ2) is 5.83. The maximum atomic E-state index is 13.7. The van der Waals surface area contributed by atoms with E-state index < -0.39 is 0 Å². The van der Waals surface area contributed by atoms with Gasteiger partial charge < -0.3 is 10.1 Å². The number of benzene rings is 2. The summed E-state index contributed by atoms with van der Waals surface area (Å²) in [6.45, 7) is 0.683. The van der Waals surface area contributed by atoms with Gasteiger partial charge in [0.2, 0.25) is 0 Å². The van der Waals surface area contributed by atoms with E-state index in [2.05, 4.69) is 33.4 Å². The average Bonchev–Trinajstić information content (AvgIpc) is 2.66. The van der Waals surface area contributed by atoms with E-state index in [-0.39, 0.29) is 11.9 Å². The smallest absolute Gasteiger partial charge is 0.165 e. The summed E-state index contributed by atoms with van der Waals surface area (Å²) in [7, 11) is 0. The molecule has 1 unspecified atom stereocenters. The summed E-state index contributed by atoms with van der Waals surface area (Å²) in [5.41, 5.74) is 2.43. The Bertz CT molecular complexity index is 590. The van der Waals surface area contributed by atoms with Gasteiger partial charge in [0.05, 0.1) is 6.54 Å². The zero-order valence-electron chi connectivity index (χ0n) is 10.9. The van der Waals surface area contributed by atoms with Gasteiger partial charge in [-0.25, -0.2) is 4.39 Å². The fourth-order valence-corrected chi connectivity index (χ4v) is 2.74. The summed E-state index contributed by atoms with van der Waals surface area (Å²) in [5, 5.41) is 3.37. The highest BCUT2D eigenvalue weighted by molar-refractivity contribution is 9.10. The molecule has 2 nitrogen and oxygen atoms in total. The lowest BCUT2D eigenvalue weighted by Crippen LogP contribution is -2.25. The average molecular weight is 336 g/mol. The van der Waals surface area contributed by atoms with Crippen LogP contribution in [0.1, 0.15) is 12.0 Å². The van der Waals surface area contributed by atoms with Gasteiger partial charge in [-0.05, 0) is 42.7 Å². The molecule has 1 N–H and O–H groups in total. The summed E-state index contributed by atoms with van der Waals surface area (Å²) in [5.74, 6) is -0.0212. The standard InChI is InChI=1S/C16H15BrFNO/c17-12-6-8-14(18)16(9-12)20-13-7-5-11-3-1-2-4-15(11)19-10-13/h1-4,6,8-9,13,19H,5,7,10H2. The van der Waals surface area contributed by atoms with Crippen molar-refractivity contribution in [3.63, 3.8) is 0 Å². The number of aryl methyl sites for hydroxylation is 1. The Hall–Kier alpha value is -1.55. The summed E-state index contributed by atoms with van der Waals surface area (Å²) in [4.78, 5) is 0. The quantitative estimate of drug-likeness (QED) is 0.878. The van der Waals surface area contributed by atoms with Crippen LogP contribution in [0.15, 0.2) is 46.9 Å². The number of para-hydroxylation sites is 1. The van der Waals surface area contributed by atoms with Crippen molar-refractivity contribution in [1.82, 2.24) is 0 Å². The molecule has 1 aliphatic heterocycles. The van der Waals surface area contributed by atoms with Crippen molar-refractivity contribution in [3.05, 3.63) is 58.3 Å². The van der Waals surface area contributed by atoms with Crippen molar-refractivity contribution in [3.8, 4) is 5.75 Å².